The van der Waals surface area contributed by atoms with Gasteiger partial charge < -0.3 is 0 Å². The van der Waals surface area contributed by atoms with E-state index in [0.717, 1.165) is 17.8 Å². The highest BCUT2D eigenvalue weighted by molar-refractivity contribution is 6.28. The minimum Gasteiger partial charge on any atom is -0.298 e. The van der Waals surface area contributed by atoms with E-state index in [-0.39, 0.29) is 0 Å². The molecule has 5 saturated carbocycles. The van der Waals surface area contributed by atoms with Gasteiger partial charge in [-0.1, -0.05) is 0 Å². The van der Waals surface area contributed by atoms with Crippen molar-refractivity contribution in [3.8, 4) is 0 Å². The van der Waals surface area contributed by atoms with Crippen molar-refractivity contribution >= 4 is 11.6 Å². The molecule has 1 aromatic rings. The van der Waals surface area contributed by atoms with Crippen LogP contribution in [0.2, 0.25) is 5.28 Å². The van der Waals surface area contributed by atoms with Crippen molar-refractivity contribution in [2.45, 2.75) is 70.3 Å². The van der Waals surface area contributed by atoms with Gasteiger partial charge in [0.25, 0.3) is 0 Å². The van der Waals surface area contributed by atoms with Gasteiger partial charge in [-0.3, -0.25) is 4.57 Å². The Bertz CT molecular complexity index is 539. The molecule has 0 radical (unpaired) electrons. The zero-order valence-electron chi connectivity index (χ0n) is 12.8. The fraction of sp³-hybridized carbons (Fsp3) is 0.882. The molecule has 0 saturated heterocycles. The van der Waals surface area contributed by atoms with Crippen LogP contribution in [0.5, 0.6) is 0 Å². The maximum absolute atomic E-state index is 6.44. The van der Waals surface area contributed by atoms with E-state index in [2.05, 4.69) is 21.7 Å². The zero-order chi connectivity index (χ0) is 14.2. The van der Waals surface area contributed by atoms with Gasteiger partial charge in [-0.25, -0.2) is 0 Å². The average molecular weight is 306 g/mol. The largest absolute Gasteiger partial charge is 0.298 e. The lowest BCUT2D eigenvalue weighted by molar-refractivity contribution is -0.0792. The standard InChI is InChI=1S/C17H24ClN3/c1-10(21-15(14-2-3-14)19-20-16(21)18)17-7-11-4-12(8-17)6-13(5-11)9-17/h10-14H,2-9H2,1H3. The molecule has 114 valence electrons. The molecule has 5 aliphatic rings. The van der Waals surface area contributed by atoms with Crippen molar-refractivity contribution < 1.29 is 0 Å². The molecular weight excluding hydrogens is 282 g/mol. The zero-order valence-corrected chi connectivity index (χ0v) is 13.5. The van der Waals surface area contributed by atoms with Crippen LogP contribution in [0.3, 0.4) is 0 Å². The molecule has 5 aliphatic carbocycles. The smallest absolute Gasteiger partial charge is 0.225 e. The van der Waals surface area contributed by atoms with E-state index in [0.29, 0.717) is 22.7 Å². The Balaban J connectivity index is 1.54. The normalized spacial score (nSPS) is 42.5. The number of hydrogen-bond acceptors (Lipinski definition) is 2. The first-order valence-corrected chi connectivity index (χ1v) is 9.13. The molecule has 1 unspecified atom stereocenters. The van der Waals surface area contributed by atoms with Crippen LogP contribution >= 0.6 is 11.6 Å². The first kappa shape index (κ1) is 12.9. The van der Waals surface area contributed by atoms with Crippen molar-refractivity contribution in [1.82, 2.24) is 14.8 Å². The number of rotatable bonds is 3. The van der Waals surface area contributed by atoms with Gasteiger partial charge in [0, 0.05) is 12.0 Å². The van der Waals surface area contributed by atoms with Crippen LogP contribution in [0.15, 0.2) is 0 Å². The van der Waals surface area contributed by atoms with E-state index in [1.54, 1.807) is 0 Å². The third-order valence-electron chi connectivity index (χ3n) is 6.98. The summed E-state index contributed by atoms with van der Waals surface area (Å²) in [5, 5.41) is 9.24. The maximum Gasteiger partial charge on any atom is 0.225 e. The summed E-state index contributed by atoms with van der Waals surface area (Å²) in [4.78, 5) is 0. The predicted octanol–water partition coefficient (Wildman–Crippen LogP) is 4.59. The van der Waals surface area contributed by atoms with Crippen LogP contribution in [0.1, 0.15) is 76.1 Å². The second-order valence-electron chi connectivity index (χ2n) is 8.43. The molecule has 5 fully saturated rings. The SMILES string of the molecule is CC(n1c(Cl)nnc1C1CC1)C12CC3CC(CC(C3)C1)C2. The van der Waals surface area contributed by atoms with E-state index in [4.69, 9.17) is 11.6 Å². The van der Waals surface area contributed by atoms with Gasteiger partial charge in [0.2, 0.25) is 5.28 Å². The first-order valence-electron chi connectivity index (χ1n) is 8.75. The summed E-state index contributed by atoms with van der Waals surface area (Å²) in [5.41, 5.74) is 0.477. The van der Waals surface area contributed by atoms with Gasteiger partial charge in [0.15, 0.2) is 0 Å². The Morgan fingerprint density at radius 1 is 1.05 bits per heavy atom. The molecule has 1 heterocycles. The van der Waals surface area contributed by atoms with Crippen molar-refractivity contribution in [1.29, 1.82) is 0 Å². The number of aromatic nitrogens is 3. The highest BCUT2D eigenvalue weighted by Gasteiger charge is 2.54. The van der Waals surface area contributed by atoms with Gasteiger partial charge >= 0.3 is 0 Å². The molecule has 0 spiro atoms. The summed E-state index contributed by atoms with van der Waals surface area (Å²) in [6, 6.07) is 0.476. The van der Waals surface area contributed by atoms with Crippen molar-refractivity contribution in [2.75, 3.05) is 0 Å². The van der Waals surface area contributed by atoms with E-state index >= 15 is 0 Å². The van der Waals surface area contributed by atoms with Crippen molar-refractivity contribution in [3.05, 3.63) is 11.1 Å². The fourth-order valence-corrected chi connectivity index (χ4v) is 6.50. The topological polar surface area (TPSA) is 30.7 Å². The minimum atomic E-state index is 0.476. The molecule has 1 aromatic heterocycles. The van der Waals surface area contributed by atoms with Crippen molar-refractivity contribution in [3.63, 3.8) is 0 Å². The molecule has 6 rings (SSSR count). The van der Waals surface area contributed by atoms with Gasteiger partial charge in [-0.05, 0) is 93.1 Å². The van der Waals surface area contributed by atoms with Crippen LogP contribution in [0.4, 0.5) is 0 Å². The lowest BCUT2D eigenvalue weighted by atomic mass is 9.48. The van der Waals surface area contributed by atoms with E-state index in [1.807, 2.05) is 0 Å². The van der Waals surface area contributed by atoms with Crippen LogP contribution in [-0.2, 0) is 0 Å². The van der Waals surface area contributed by atoms with Gasteiger partial charge in [-0.15, -0.1) is 10.2 Å². The lowest BCUT2D eigenvalue weighted by Crippen LogP contribution is -2.49. The fourth-order valence-electron chi connectivity index (χ4n) is 6.22. The van der Waals surface area contributed by atoms with Crippen LogP contribution in [0, 0.1) is 23.2 Å². The average Bonchev–Trinajstić information content (AvgIpc) is 3.20. The number of nitrogens with zero attached hydrogens (tertiary/aromatic N) is 3. The highest BCUT2D eigenvalue weighted by atomic mass is 35.5. The van der Waals surface area contributed by atoms with Crippen LogP contribution in [-0.4, -0.2) is 14.8 Å². The summed E-state index contributed by atoms with van der Waals surface area (Å²) in [6.45, 7) is 2.40. The summed E-state index contributed by atoms with van der Waals surface area (Å²) in [6.07, 6.45) is 11.3. The van der Waals surface area contributed by atoms with E-state index in [9.17, 15) is 0 Å². The first-order chi connectivity index (χ1) is 10.1. The summed E-state index contributed by atoms with van der Waals surface area (Å²) in [7, 11) is 0. The quantitative estimate of drug-likeness (QED) is 0.818. The summed E-state index contributed by atoms with van der Waals surface area (Å²) < 4.78 is 2.31. The van der Waals surface area contributed by atoms with Gasteiger partial charge in [0.1, 0.15) is 5.82 Å². The molecular formula is C17H24ClN3. The molecule has 0 aliphatic heterocycles. The lowest BCUT2D eigenvalue weighted by Gasteiger charge is -2.59. The monoisotopic (exact) mass is 305 g/mol. The molecule has 1 atom stereocenters. The highest BCUT2D eigenvalue weighted by Crippen LogP contribution is 2.64. The van der Waals surface area contributed by atoms with Crippen molar-refractivity contribution in [2.24, 2.45) is 23.2 Å². The van der Waals surface area contributed by atoms with Crippen LogP contribution in [0.25, 0.3) is 0 Å². The summed E-state index contributed by atoms with van der Waals surface area (Å²) in [5.74, 6) is 4.75. The second-order valence-corrected chi connectivity index (χ2v) is 8.77. The Hall–Kier alpha value is -0.570. The molecule has 0 aromatic carbocycles. The van der Waals surface area contributed by atoms with E-state index < -0.39 is 0 Å². The molecule has 0 N–H and O–H groups in total. The summed E-state index contributed by atoms with van der Waals surface area (Å²) >= 11 is 6.44. The Morgan fingerprint density at radius 3 is 2.14 bits per heavy atom. The molecule has 4 heteroatoms. The maximum atomic E-state index is 6.44. The van der Waals surface area contributed by atoms with Gasteiger partial charge in [-0.2, -0.15) is 0 Å². The Labute approximate surface area is 131 Å². The van der Waals surface area contributed by atoms with E-state index in [1.165, 1.54) is 57.2 Å². The van der Waals surface area contributed by atoms with Gasteiger partial charge in [0.05, 0.1) is 0 Å². The third-order valence-corrected chi connectivity index (χ3v) is 7.24. The molecule has 0 amide bonds. The number of hydrogen-bond donors (Lipinski definition) is 0. The number of halogens is 1. The van der Waals surface area contributed by atoms with Crippen LogP contribution < -0.4 is 0 Å². The molecule has 4 bridgehead atoms. The Kier molecular flexibility index (Phi) is 2.61. The predicted molar refractivity (Wildman–Crippen MR) is 82.3 cm³/mol. The minimum absolute atomic E-state index is 0.476. The molecule has 21 heavy (non-hydrogen) atoms. The Morgan fingerprint density at radius 2 is 1.62 bits per heavy atom. The third kappa shape index (κ3) is 1.85. The molecule has 3 nitrogen and oxygen atoms in total. The second kappa shape index (κ2) is 4.24.